The van der Waals surface area contributed by atoms with Gasteiger partial charge in [-0.15, -0.1) is 0 Å². The highest BCUT2D eigenvalue weighted by atomic mass is 16.2. The van der Waals surface area contributed by atoms with E-state index < -0.39 is 0 Å². The largest absolute Gasteiger partial charge is 0.383 e. The van der Waals surface area contributed by atoms with E-state index in [4.69, 9.17) is 5.73 Å². The Kier molecular flexibility index (Phi) is 3.04. The van der Waals surface area contributed by atoms with Crippen molar-refractivity contribution in [3.63, 3.8) is 0 Å². The number of nitrogens with zero attached hydrogens (tertiary/aromatic N) is 3. The van der Waals surface area contributed by atoms with Crippen molar-refractivity contribution in [3.8, 4) is 0 Å². The molecule has 0 aliphatic heterocycles. The highest BCUT2D eigenvalue weighted by Gasteiger charge is 2.15. The smallest absolute Gasteiger partial charge is 0.257 e. The zero-order valence-corrected chi connectivity index (χ0v) is 9.42. The van der Waals surface area contributed by atoms with Crippen molar-refractivity contribution < 1.29 is 4.79 Å². The third-order valence-corrected chi connectivity index (χ3v) is 2.36. The first-order chi connectivity index (χ1) is 8.18. The predicted molar refractivity (Wildman–Crippen MR) is 63.0 cm³/mol. The Bertz CT molecular complexity index is 508. The van der Waals surface area contributed by atoms with Crippen molar-refractivity contribution in [1.82, 2.24) is 19.9 Å². The molecule has 6 nitrogen and oxygen atoms in total. The Hall–Kier alpha value is -2.37. The molecule has 0 saturated heterocycles. The number of hydrogen-bond acceptors (Lipinski definition) is 4. The molecule has 0 spiro atoms. The summed E-state index contributed by atoms with van der Waals surface area (Å²) in [7, 11) is 1.69. The molecule has 0 saturated carbocycles. The molecule has 2 heterocycles. The minimum absolute atomic E-state index is 0.174. The molecule has 1 amide bonds. The van der Waals surface area contributed by atoms with Crippen molar-refractivity contribution in [2.24, 2.45) is 0 Å². The Morgan fingerprint density at radius 2 is 2.29 bits per heavy atom. The molecule has 2 aromatic rings. The van der Waals surface area contributed by atoms with Crippen LogP contribution in [-0.2, 0) is 6.54 Å². The van der Waals surface area contributed by atoms with Crippen LogP contribution in [0.3, 0.4) is 0 Å². The van der Waals surface area contributed by atoms with Gasteiger partial charge in [0.15, 0.2) is 0 Å². The van der Waals surface area contributed by atoms with Gasteiger partial charge in [-0.1, -0.05) is 0 Å². The molecule has 3 N–H and O–H groups in total. The van der Waals surface area contributed by atoms with E-state index >= 15 is 0 Å². The molecule has 0 bridgehead atoms. The summed E-state index contributed by atoms with van der Waals surface area (Å²) in [6, 6.07) is 3.34. The van der Waals surface area contributed by atoms with Crippen LogP contribution in [0.25, 0.3) is 0 Å². The van der Waals surface area contributed by atoms with Gasteiger partial charge in [0.25, 0.3) is 5.91 Å². The van der Waals surface area contributed by atoms with Crippen molar-refractivity contribution in [2.75, 3.05) is 12.8 Å². The van der Waals surface area contributed by atoms with Crippen LogP contribution < -0.4 is 5.73 Å². The molecule has 6 heteroatoms. The molecular weight excluding hydrogens is 218 g/mol. The van der Waals surface area contributed by atoms with Gasteiger partial charge in [-0.05, 0) is 12.1 Å². The first-order valence-corrected chi connectivity index (χ1v) is 5.12. The number of nitrogen functional groups attached to an aromatic ring is 1. The molecule has 0 radical (unpaired) electrons. The Morgan fingerprint density at radius 1 is 1.47 bits per heavy atom. The Balaban J connectivity index is 2.13. The number of nitrogens with one attached hydrogen (secondary N) is 1. The second-order valence-electron chi connectivity index (χ2n) is 3.63. The SMILES string of the molecule is CN(Cc1ncc[nH]1)C(=O)c1cccnc1N. The maximum absolute atomic E-state index is 12.1. The molecule has 2 aromatic heterocycles. The number of anilines is 1. The summed E-state index contributed by atoms with van der Waals surface area (Å²) in [5, 5.41) is 0. The van der Waals surface area contributed by atoms with Crippen molar-refractivity contribution in [3.05, 3.63) is 42.1 Å². The minimum Gasteiger partial charge on any atom is -0.383 e. The van der Waals surface area contributed by atoms with E-state index in [1.807, 2.05) is 0 Å². The molecule has 2 rings (SSSR count). The standard InChI is InChI=1S/C11H13N5O/c1-16(7-9-13-5-6-14-9)11(17)8-3-2-4-15-10(8)12/h2-6H,7H2,1H3,(H2,12,15)(H,13,14). The lowest BCUT2D eigenvalue weighted by Crippen LogP contribution is -2.27. The zero-order chi connectivity index (χ0) is 12.3. The van der Waals surface area contributed by atoms with Crippen molar-refractivity contribution >= 4 is 11.7 Å². The van der Waals surface area contributed by atoms with Crippen molar-refractivity contribution in [2.45, 2.75) is 6.54 Å². The van der Waals surface area contributed by atoms with Gasteiger partial charge >= 0.3 is 0 Å². The maximum Gasteiger partial charge on any atom is 0.257 e. The molecular formula is C11H13N5O. The van der Waals surface area contributed by atoms with Crippen LogP contribution in [-0.4, -0.2) is 32.8 Å². The Labute approximate surface area is 98.5 Å². The number of amides is 1. The molecule has 0 unspecified atom stereocenters. The van der Waals surface area contributed by atoms with Crippen LogP contribution in [0.1, 0.15) is 16.2 Å². The van der Waals surface area contributed by atoms with Crippen LogP contribution in [0.2, 0.25) is 0 Å². The monoisotopic (exact) mass is 231 g/mol. The zero-order valence-electron chi connectivity index (χ0n) is 9.42. The summed E-state index contributed by atoms with van der Waals surface area (Å²) >= 11 is 0. The molecule has 17 heavy (non-hydrogen) atoms. The summed E-state index contributed by atoms with van der Waals surface area (Å²) in [6.07, 6.45) is 4.91. The number of H-pyrrole nitrogens is 1. The number of hydrogen-bond donors (Lipinski definition) is 2. The van der Waals surface area contributed by atoms with E-state index in [-0.39, 0.29) is 11.7 Å². The van der Waals surface area contributed by atoms with Crippen LogP contribution in [0.5, 0.6) is 0 Å². The number of imidazole rings is 1. The second-order valence-corrected chi connectivity index (χ2v) is 3.63. The predicted octanol–water partition coefficient (Wildman–Crippen LogP) is 0.659. The van der Waals surface area contributed by atoms with Crippen molar-refractivity contribution in [1.29, 1.82) is 0 Å². The number of nitrogens with two attached hydrogens (primary N) is 1. The average Bonchev–Trinajstić information content (AvgIpc) is 2.81. The number of carbonyl (C=O) groups is 1. The fourth-order valence-electron chi connectivity index (χ4n) is 1.48. The van der Waals surface area contributed by atoms with Crippen LogP contribution in [0.4, 0.5) is 5.82 Å². The van der Waals surface area contributed by atoms with E-state index in [1.165, 1.54) is 4.90 Å². The van der Waals surface area contributed by atoms with E-state index in [0.29, 0.717) is 12.1 Å². The highest BCUT2D eigenvalue weighted by molar-refractivity contribution is 5.98. The minimum atomic E-state index is -0.174. The highest BCUT2D eigenvalue weighted by Crippen LogP contribution is 2.10. The van der Waals surface area contributed by atoms with Gasteiger partial charge < -0.3 is 15.6 Å². The Morgan fingerprint density at radius 3 is 2.94 bits per heavy atom. The van der Waals surface area contributed by atoms with Gasteiger partial charge in [0.05, 0.1) is 12.1 Å². The second kappa shape index (κ2) is 4.65. The molecule has 0 fully saturated rings. The van der Waals surface area contributed by atoms with Crippen LogP contribution >= 0.6 is 0 Å². The lowest BCUT2D eigenvalue weighted by molar-refractivity contribution is 0.0782. The maximum atomic E-state index is 12.1. The third kappa shape index (κ3) is 2.41. The fourth-order valence-corrected chi connectivity index (χ4v) is 1.48. The first kappa shape index (κ1) is 11.1. The van der Waals surface area contributed by atoms with E-state index in [2.05, 4.69) is 15.0 Å². The summed E-state index contributed by atoms with van der Waals surface area (Å²) in [4.78, 5) is 24.5. The topological polar surface area (TPSA) is 87.9 Å². The van der Waals surface area contributed by atoms with Gasteiger partial charge in [-0.2, -0.15) is 0 Å². The quantitative estimate of drug-likeness (QED) is 0.812. The fraction of sp³-hybridized carbons (Fsp3) is 0.182. The number of aromatic nitrogens is 3. The average molecular weight is 231 g/mol. The lowest BCUT2D eigenvalue weighted by Gasteiger charge is -2.16. The van der Waals surface area contributed by atoms with Gasteiger partial charge in [0, 0.05) is 25.6 Å². The molecule has 0 aliphatic rings. The van der Waals surface area contributed by atoms with Gasteiger partial charge in [0.1, 0.15) is 11.6 Å². The first-order valence-electron chi connectivity index (χ1n) is 5.12. The normalized spacial score (nSPS) is 10.2. The number of pyridine rings is 1. The number of carbonyl (C=O) groups excluding carboxylic acids is 1. The summed E-state index contributed by atoms with van der Waals surface area (Å²) in [5.74, 6) is 0.791. The van der Waals surface area contributed by atoms with E-state index in [1.54, 1.807) is 37.8 Å². The van der Waals surface area contributed by atoms with Gasteiger partial charge in [0.2, 0.25) is 0 Å². The lowest BCUT2D eigenvalue weighted by atomic mass is 10.2. The van der Waals surface area contributed by atoms with Crippen LogP contribution in [0, 0.1) is 0 Å². The summed E-state index contributed by atoms with van der Waals surface area (Å²) < 4.78 is 0. The summed E-state index contributed by atoms with van der Waals surface area (Å²) in [5.41, 5.74) is 6.05. The van der Waals surface area contributed by atoms with Gasteiger partial charge in [-0.25, -0.2) is 9.97 Å². The molecule has 0 aliphatic carbocycles. The molecule has 88 valence electrons. The number of aromatic amines is 1. The van der Waals surface area contributed by atoms with Gasteiger partial charge in [-0.3, -0.25) is 4.79 Å². The molecule has 0 aromatic carbocycles. The van der Waals surface area contributed by atoms with Crippen LogP contribution in [0.15, 0.2) is 30.7 Å². The third-order valence-electron chi connectivity index (χ3n) is 2.36. The molecule has 0 atom stereocenters. The number of rotatable bonds is 3. The summed E-state index contributed by atoms with van der Waals surface area (Å²) in [6.45, 7) is 0.403. The van der Waals surface area contributed by atoms with E-state index in [0.717, 1.165) is 5.82 Å². The van der Waals surface area contributed by atoms with E-state index in [9.17, 15) is 4.79 Å².